The number of benzene rings is 2. The molecule has 0 saturated carbocycles. The highest BCUT2D eigenvalue weighted by atomic mass is 127. The maximum Gasteiger partial charge on any atom is 0.326 e. The Morgan fingerprint density at radius 1 is 1.10 bits per heavy atom. The van der Waals surface area contributed by atoms with Crippen LogP contribution in [0.3, 0.4) is 0 Å². The van der Waals surface area contributed by atoms with Crippen molar-refractivity contribution in [3.05, 3.63) is 50.6 Å². The first kappa shape index (κ1) is 24.7. The number of Topliss-reactive ketones (excluding diaryl/α,β-unsaturated/α-hetero) is 1. The van der Waals surface area contributed by atoms with Crippen LogP contribution in [0.2, 0.25) is 0 Å². The molecule has 0 fully saturated rings. The molecule has 1 atom stereocenters. The number of aryl methyl sites for hydroxylation is 2. The second-order valence-corrected chi connectivity index (χ2v) is 9.78. The third-order valence-corrected chi connectivity index (χ3v) is 6.68. The monoisotopic (exact) mass is 540 g/mol. The average molecular weight is 540 g/mol. The van der Waals surface area contributed by atoms with Crippen molar-refractivity contribution >= 4 is 46.1 Å². The van der Waals surface area contributed by atoms with Gasteiger partial charge in [0.15, 0.2) is 11.0 Å². The number of halogens is 1. The number of esters is 1. The Labute approximate surface area is 197 Å². The van der Waals surface area contributed by atoms with Gasteiger partial charge in [-0.05, 0) is 95.4 Å². The van der Waals surface area contributed by atoms with Crippen LogP contribution >= 0.6 is 34.4 Å². The highest BCUT2D eigenvalue weighted by Gasteiger charge is 2.30. The highest BCUT2D eigenvalue weighted by Crippen LogP contribution is 2.36. The molecule has 2 aromatic rings. The fraction of sp³-hybridized carbons (Fsp3) is 0.417. The summed E-state index contributed by atoms with van der Waals surface area (Å²) in [5.41, 5.74) is 5.64. The molecular weight excluding hydrogens is 511 g/mol. The first-order chi connectivity index (χ1) is 14.2. The van der Waals surface area contributed by atoms with Gasteiger partial charge in [-0.1, -0.05) is 19.9 Å². The molecule has 0 heterocycles. The Bertz CT molecular complexity index is 900. The summed E-state index contributed by atoms with van der Waals surface area (Å²) in [5, 5.41) is -0.821. The van der Waals surface area contributed by atoms with Gasteiger partial charge < -0.3 is 9.47 Å². The number of ketones is 1. The molecule has 0 aliphatic heterocycles. The lowest BCUT2D eigenvalue weighted by atomic mass is 9.92. The van der Waals surface area contributed by atoms with Crippen LogP contribution in [0.4, 0.5) is 0 Å². The van der Waals surface area contributed by atoms with Crippen molar-refractivity contribution in [1.82, 2.24) is 0 Å². The Morgan fingerprint density at radius 3 is 2.27 bits per heavy atom. The van der Waals surface area contributed by atoms with Crippen LogP contribution in [0.25, 0.3) is 11.1 Å². The van der Waals surface area contributed by atoms with Crippen LogP contribution in [0.5, 0.6) is 5.75 Å². The van der Waals surface area contributed by atoms with E-state index in [0.717, 1.165) is 22.4 Å². The highest BCUT2D eigenvalue weighted by molar-refractivity contribution is 14.1. The van der Waals surface area contributed by atoms with Gasteiger partial charge in [0.05, 0.1) is 13.7 Å². The lowest BCUT2D eigenvalue weighted by molar-refractivity contribution is -0.145. The number of hydrogen-bond donors (Lipinski definition) is 0. The topological polar surface area (TPSA) is 52.6 Å². The maximum atomic E-state index is 12.6. The van der Waals surface area contributed by atoms with E-state index in [1.54, 1.807) is 14.0 Å². The Kier molecular flexibility index (Phi) is 9.22. The van der Waals surface area contributed by atoms with Gasteiger partial charge in [-0.2, -0.15) is 0 Å². The molecule has 0 bridgehead atoms. The summed E-state index contributed by atoms with van der Waals surface area (Å²) in [5.74, 6) is 0.499. The SMILES string of the molecule is CCOC(=O)C(SCc1ccc(OC)cc1-c1c(C)cc(I)cc1C)C(=O)C(C)C. The van der Waals surface area contributed by atoms with E-state index in [0.29, 0.717) is 5.75 Å². The van der Waals surface area contributed by atoms with Crippen LogP contribution in [-0.2, 0) is 20.1 Å². The minimum atomic E-state index is -0.821. The van der Waals surface area contributed by atoms with E-state index >= 15 is 0 Å². The lowest BCUT2D eigenvalue weighted by Crippen LogP contribution is -2.32. The predicted molar refractivity (Wildman–Crippen MR) is 132 cm³/mol. The van der Waals surface area contributed by atoms with Crippen molar-refractivity contribution in [2.75, 3.05) is 13.7 Å². The van der Waals surface area contributed by atoms with E-state index in [1.807, 2.05) is 32.0 Å². The van der Waals surface area contributed by atoms with Gasteiger partial charge in [-0.3, -0.25) is 9.59 Å². The van der Waals surface area contributed by atoms with E-state index in [2.05, 4.69) is 48.6 Å². The number of methoxy groups -OCH3 is 1. The summed E-state index contributed by atoms with van der Waals surface area (Å²) in [6.45, 7) is 9.84. The molecule has 6 heteroatoms. The van der Waals surface area contributed by atoms with Gasteiger partial charge in [-0.15, -0.1) is 11.8 Å². The maximum absolute atomic E-state index is 12.6. The summed E-state index contributed by atoms with van der Waals surface area (Å²) in [4.78, 5) is 25.1. The largest absolute Gasteiger partial charge is 0.497 e. The molecule has 0 aliphatic carbocycles. The molecule has 0 aromatic heterocycles. The molecule has 30 heavy (non-hydrogen) atoms. The van der Waals surface area contributed by atoms with Crippen molar-refractivity contribution in [3.8, 4) is 16.9 Å². The van der Waals surface area contributed by atoms with Crippen LogP contribution in [0.1, 0.15) is 37.5 Å². The predicted octanol–water partition coefficient (Wildman–Crippen LogP) is 5.97. The zero-order valence-electron chi connectivity index (χ0n) is 18.4. The number of thioether (sulfide) groups is 1. The zero-order valence-corrected chi connectivity index (χ0v) is 21.3. The Balaban J connectivity index is 2.45. The van der Waals surface area contributed by atoms with Crippen LogP contribution in [0, 0.1) is 23.3 Å². The number of carbonyl (C=O) groups excluding carboxylic acids is 2. The molecule has 0 aliphatic rings. The second kappa shape index (κ2) is 11.2. The van der Waals surface area contributed by atoms with E-state index in [1.165, 1.54) is 26.5 Å². The fourth-order valence-electron chi connectivity index (χ4n) is 3.34. The van der Waals surface area contributed by atoms with Crippen molar-refractivity contribution in [1.29, 1.82) is 0 Å². The Morgan fingerprint density at radius 2 is 1.73 bits per heavy atom. The summed E-state index contributed by atoms with van der Waals surface area (Å²) < 4.78 is 11.8. The average Bonchev–Trinajstić information content (AvgIpc) is 2.68. The van der Waals surface area contributed by atoms with Gasteiger partial charge in [0, 0.05) is 15.2 Å². The van der Waals surface area contributed by atoms with E-state index < -0.39 is 11.2 Å². The fourth-order valence-corrected chi connectivity index (χ4v) is 5.51. The van der Waals surface area contributed by atoms with Gasteiger partial charge in [0.25, 0.3) is 0 Å². The third kappa shape index (κ3) is 6.00. The van der Waals surface area contributed by atoms with Crippen molar-refractivity contribution in [2.45, 2.75) is 45.6 Å². The van der Waals surface area contributed by atoms with E-state index in [4.69, 9.17) is 9.47 Å². The summed E-state index contributed by atoms with van der Waals surface area (Å²) in [6, 6.07) is 10.3. The minimum Gasteiger partial charge on any atom is -0.497 e. The second-order valence-electron chi connectivity index (χ2n) is 7.44. The molecule has 0 radical (unpaired) electrons. The summed E-state index contributed by atoms with van der Waals surface area (Å²) in [6.07, 6.45) is 0. The third-order valence-electron chi connectivity index (χ3n) is 4.82. The molecule has 0 saturated heterocycles. The first-order valence-electron chi connectivity index (χ1n) is 9.95. The molecule has 4 nitrogen and oxygen atoms in total. The molecule has 2 rings (SSSR count). The zero-order chi connectivity index (χ0) is 22.4. The van der Waals surface area contributed by atoms with E-state index in [-0.39, 0.29) is 18.3 Å². The van der Waals surface area contributed by atoms with Gasteiger partial charge in [0.2, 0.25) is 0 Å². The first-order valence-corrected chi connectivity index (χ1v) is 12.1. The number of ether oxygens (including phenoxy) is 2. The van der Waals surface area contributed by atoms with Crippen LogP contribution < -0.4 is 4.74 Å². The van der Waals surface area contributed by atoms with Crippen molar-refractivity contribution in [2.24, 2.45) is 5.92 Å². The molecular formula is C24H29IO4S. The summed E-state index contributed by atoms with van der Waals surface area (Å²) in [7, 11) is 1.65. The number of carbonyl (C=O) groups is 2. The smallest absolute Gasteiger partial charge is 0.326 e. The van der Waals surface area contributed by atoms with Gasteiger partial charge in [0.1, 0.15) is 5.75 Å². The van der Waals surface area contributed by atoms with E-state index in [9.17, 15) is 9.59 Å². The molecule has 0 spiro atoms. The van der Waals surface area contributed by atoms with Crippen LogP contribution in [0.15, 0.2) is 30.3 Å². The lowest BCUT2D eigenvalue weighted by Gasteiger charge is -2.19. The standard InChI is InChI=1S/C24H29IO4S/c1-7-29-24(27)23(22(26)14(2)3)30-13-17-8-9-19(28-6)12-20(17)21-15(4)10-18(25)11-16(21)5/h8-12,14,23H,7,13H2,1-6H3. The molecule has 162 valence electrons. The molecule has 0 N–H and O–H groups in total. The van der Waals surface area contributed by atoms with Crippen LogP contribution in [-0.4, -0.2) is 30.7 Å². The van der Waals surface area contributed by atoms with Gasteiger partial charge >= 0.3 is 5.97 Å². The molecule has 1 unspecified atom stereocenters. The minimum absolute atomic E-state index is 0.102. The number of rotatable bonds is 9. The van der Waals surface area contributed by atoms with Crippen molar-refractivity contribution < 1.29 is 19.1 Å². The molecule has 2 aromatic carbocycles. The van der Waals surface area contributed by atoms with Crippen molar-refractivity contribution in [3.63, 3.8) is 0 Å². The molecule has 0 amide bonds. The quantitative estimate of drug-likeness (QED) is 0.223. The Hall–Kier alpha value is -1.54. The normalized spacial score (nSPS) is 12.0. The summed E-state index contributed by atoms with van der Waals surface area (Å²) >= 11 is 3.66. The van der Waals surface area contributed by atoms with Gasteiger partial charge in [-0.25, -0.2) is 0 Å². The number of hydrogen-bond acceptors (Lipinski definition) is 5.